The normalized spacial score (nSPS) is 19.9. The number of hydrogen-bond donors (Lipinski definition) is 16. The molecule has 0 spiro atoms. The Balaban J connectivity index is 3.07. The third-order valence-corrected chi connectivity index (χ3v) is 18.0. The Morgan fingerprint density at radius 1 is 0.500 bits per heavy atom. The minimum Gasteiger partial charge on any atom is -0.463 e. The van der Waals surface area contributed by atoms with Gasteiger partial charge in [-0.2, -0.15) is 0 Å². The number of unbranched alkanes of at least 4 members (excludes halogenated alkanes) is 1. The maximum atomic E-state index is 15.4. The first kappa shape index (κ1) is 108. The standard InChI is InChI=1S/C84H142N14O24/c1-22-23-27-50(4)117-65(104)31-30-64(103)92-59(37-43-90-79(116)122-84(19,20)21)70(107)98-67(52(6)100)74(111)94-56(34-40-87-76(113)119-81(10,11)12)62(101)46-54-32-38-85-73(110)66(51(5)99)97-68(105)55(33-39-86-75(112)118-80(7,8)9)47-63(102)57(35-41-88-77(114)120-82(13,14)15)93-71(108)60(44-49(2)3)95-72(109)61(45-53-28-25-24-26-29-53)96-69(106)58(91-48-54)36-42-89-78(115)121-83(16,17)18/h24-26,28-29,49-52,54-61,66-67,91,99-100H,22-23,27,30-48H2,1-21H3,(H,85,110)(H,86,112)(H,87,113)(H,88,114)(H,89,115)(H,90,116)(H,92,103)(H,93,108)(H,94,111)(H,95,109)(H,96,106)(H,97,105)(H,98,107)/t50?,51?,52?,54-,55-,56+,57+,58+,59+,60+,61-,66+,67+/m1/s1. The molecule has 38 nitrogen and oxygen atoms in total. The highest BCUT2D eigenvalue weighted by Crippen LogP contribution is 2.20. The van der Waals surface area contributed by atoms with Gasteiger partial charge >= 0.3 is 36.4 Å². The van der Waals surface area contributed by atoms with Crippen LogP contribution >= 0.6 is 0 Å². The van der Waals surface area contributed by atoms with Crippen LogP contribution in [0.2, 0.25) is 0 Å². The molecule has 1 aliphatic rings. The third kappa shape index (κ3) is 48.0. The molecule has 0 saturated carbocycles. The molecule has 692 valence electrons. The Kier molecular flexibility index (Phi) is 46.5. The molecule has 1 saturated heterocycles. The molecule has 13 atom stereocenters. The van der Waals surface area contributed by atoms with Gasteiger partial charge in [-0.15, -0.1) is 0 Å². The number of amides is 13. The van der Waals surface area contributed by atoms with E-state index in [0.29, 0.717) is 12.0 Å². The van der Waals surface area contributed by atoms with Gasteiger partial charge in [0, 0.05) is 70.9 Å². The number of rotatable bonds is 36. The molecule has 1 aliphatic heterocycles. The van der Waals surface area contributed by atoms with Gasteiger partial charge in [0.05, 0.1) is 42.9 Å². The van der Waals surface area contributed by atoms with Crippen LogP contribution in [-0.4, -0.2) is 246 Å². The summed E-state index contributed by atoms with van der Waals surface area (Å²) < 4.78 is 32.6. The molecular weight excluding hydrogens is 1590 g/mol. The molecule has 0 aliphatic carbocycles. The van der Waals surface area contributed by atoms with E-state index in [2.05, 4.69) is 74.4 Å². The van der Waals surface area contributed by atoms with E-state index in [4.69, 9.17) is 28.4 Å². The number of esters is 1. The Hall–Kier alpha value is -9.98. The molecule has 1 fully saturated rings. The van der Waals surface area contributed by atoms with E-state index in [1.807, 2.05) is 6.92 Å². The van der Waals surface area contributed by atoms with Crippen molar-refractivity contribution in [3.63, 3.8) is 0 Å². The summed E-state index contributed by atoms with van der Waals surface area (Å²) in [4.78, 5) is 226. The van der Waals surface area contributed by atoms with Gasteiger partial charge in [-0.1, -0.05) is 63.9 Å². The van der Waals surface area contributed by atoms with Crippen molar-refractivity contribution in [3.8, 4) is 0 Å². The molecule has 16 N–H and O–H groups in total. The number of aliphatic hydroxyl groups excluding tert-OH is 2. The predicted molar refractivity (Wildman–Crippen MR) is 451 cm³/mol. The van der Waals surface area contributed by atoms with Crippen LogP contribution in [0.25, 0.3) is 0 Å². The minimum absolute atomic E-state index is 0.0607. The highest BCUT2D eigenvalue weighted by Gasteiger charge is 2.39. The lowest BCUT2D eigenvalue weighted by atomic mass is 9.92. The van der Waals surface area contributed by atoms with E-state index in [0.717, 1.165) is 19.8 Å². The van der Waals surface area contributed by atoms with Crippen molar-refractivity contribution in [2.24, 2.45) is 17.8 Å². The number of ketones is 2. The SMILES string of the molecule is CCCCC(C)OC(=O)CCC(=O)N[C@@H](CCNC(=O)OC(C)(C)C)C(=O)N[C@H](C(=O)N[C@@H](CCNC(=O)OC(C)(C)C)C(=O)C[C@H]1CCNC(=O)[C@H](C(C)O)NC(=O)[C@H](CCNC(=O)OC(C)(C)C)CC(=O)[C@H](CCNC(=O)OC(C)(C)C)NC(=O)[C@H](CC(C)C)NC(=O)[C@@H](Cc2ccccc2)NC(=O)[C@H](CCNC(=O)OC(C)(C)C)NC1)C(C)O. The summed E-state index contributed by atoms with van der Waals surface area (Å²) in [6, 6.07) is -4.31. The molecule has 13 amide bonds. The van der Waals surface area contributed by atoms with Gasteiger partial charge in [-0.3, -0.25) is 52.7 Å². The first-order chi connectivity index (χ1) is 56.5. The van der Waals surface area contributed by atoms with Crippen LogP contribution in [0.1, 0.15) is 241 Å². The summed E-state index contributed by atoms with van der Waals surface area (Å²) in [6.45, 7) is 31.6. The molecule has 1 aromatic carbocycles. The summed E-state index contributed by atoms with van der Waals surface area (Å²) >= 11 is 0. The lowest BCUT2D eigenvalue weighted by Gasteiger charge is -2.29. The van der Waals surface area contributed by atoms with Crippen molar-refractivity contribution in [2.75, 3.05) is 45.8 Å². The van der Waals surface area contributed by atoms with Crippen molar-refractivity contribution in [3.05, 3.63) is 35.9 Å². The number of ether oxygens (including phenoxy) is 6. The average Bonchev–Trinajstić information content (AvgIpc) is 1.09. The predicted octanol–water partition coefficient (Wildman–Crippen LogP) is 4.54. The second kappa shape index (κ2) is 52.5. The van der Waals surface area contributed by atoms with Crippen LogP contribution in [0.5, 0.6) is 0 Å². The zero-order valence-electron chi connectivity index (χ0n) is 75.4. The topological polar surface area (TPSA) is 537 Å². The first-order valence-corrected chi connectivity index (χ1v) is 42.1. The lowest BCUT2D eigenvalue weighted by molar-refractivity contribution is -0.149. The molecule has 1 aromatic rings. The average molecular weight is 1730 g/mol. The van der Waals surface area contributed by atoms with E-state index in [1.165, 1.54) is 6.92 Å². The third-order valence-electron chi connectivity index (χ3n) is 18.0. The largest absolute Gasteiger partial charge is 0.463 e. The van der Waals surface area contributed by atoms with Crippen LogP contribution in [0.4, 0.5) is 24.0 Å². The van der Waals surface area contributed by atoms with Crippen LogP contribution in [0.3, 0.4) is 0 Å². The second-order valence-corrected chi connectivity index (χ2v) is 36.1. The minimum atomic E-state index is -1.92. The van der Waals surface area contributed by atoms with Crippen LogP contribution in [-0.2, 0) is 87.6 Å². The van der Waals surface area contributed by atoms with E-state index in [1.54, 1.807) is 155 Å². The number of carbonyl (C=O) groups is 16. The number of benzene rings is 1. The molecule has 122 heavy (non-hydrogen) atoms. The van der Waals surface area contributed by atoms with Crippen molar-refractivity contribution >= 4 is 95.3 Å². The van der Waals surface area contributed by atoms with Crippen LogP contribution in [0, 0.1) is 17.8 Å². The van der Waals surface area contributed by atoms with Gasteiger partial charge in [0.2, 0.25) is 47.3 Å². The molecule has 2 rings (SSSR count). The Labute approximate surface area is 717 Å². The summed E-state index contributed by atoms with van der Waals surface area (Å²) in [6.07, 6.45) is -10.3. The summed E-state index contributed by atoms with van der Waals surface area (Å²) in [5, 5.41) is 59.7. The number of hydrogen-bond acceptors (Lipinski definition) is 25. The van der Waals surface area contributed by atoms with Crippen molar-refractivity contribution in [1.82, 2.24) is 74.4 Å². The fraction of sp³-hybridized carbons (Fsp3) is 0.738. The highest BCUT2D eigenvalue weighted by molar-refractivity contribution is 5.98. The summed E-state index contributed by atoms with van der Waals surface area (Å²) in [5.74, 6) is -12.8. The maximum Gasteiger partial charge on any atom is 0.407 e. The quantitative estimate of drug-likeness (QED) is 0.0324. The molecule has 0 radical (unpaired) electrons. The smallest absolute Gasteiger partial charge is 0.407 e. The summed E-state index contributed by atoms with van der Waals surface area (Å²) in [5.41, 5.74) is -4.29. The van der Waals surface area contributed by atoms with Crippen molar-refractivity contribution < 1.29 is 115 Å². The van der Waals surface area contributed by atoms with Gasteiger partial charge in [0.25, 0.3) is 0 Å². The fourth-order valence-electron chi connectivity index (χ4n) is 12.1. The van der Waals surface area contributed by atoms with Crippen LogP contribution in [0.15, 0.2) is 30.3 Å². The summed E-state index contributed by atoms with van der Waals surface area (Å²) in [7, 11) is 0. The Morgan fingerprint density at radius 2 is 0.959 bits per heavy atom. The zero-order chi connectivity index (χ0) is 92.6. The van der Waals surface area contributed by atoms with Gasteiger partial charge in [-0.05, 0) is 200 Å². The van der Waals surface area contributed by atoms with Gasteiger partial charge < -0.3 is 113 Å². The van der Waals surface area contributed by atoms with Crippen molar-refractivity contribution in [1.29, 1.82) is 0 Å². The number of carbonyl (C=O) groups excluding carboxylic acids is 16. The maximum absolute atomic E-state index is 15.4. The fourth-order valence-corrected chi connectivity index (χ4v) is 12.1. The number of Topliss-reactive ketones (excluding diaryl/α,β-unsaturated/α-hetero) is 2. The zero-order valence-corrected chi connectivity index (χ0v) is 75.4. The molecule has 0 bridgehead atoms. The monoisotopic (exact) mass is 1730 g/mol. The van der Waals surface area contributed by atoms with Gasteiger partial charge in [-0.25, -0.2) is 24.0 Å². The van der Waals surface area contributed by atoms with E-state index < -0.39 is 227 Å². The first-order valence-electron chi connectivity index (χ1n) is 42.1. The van der Waals surface area contributed by atoms with Crippen molar-refractivity contribution in [2.45, 2.75) is 336 Å². The number of nitrogens with one attached hydrogen (secondary N) is 14. The second-order valence-electron chi connectivity index (χ2n) is 36.1. The number of aliphatic hydroxyl groups is 2. The lowest BCUT2D eigenvalue weighted by Crippen LogP contribution is -2.59. The van der Waals surface area contributed by atoms with Gasteiger partial charge in [0.1, 0.15) is 58.2 Å². The van der Waals surface area contributed by atoms with Crippen LogP contribution < -0.4 is 74.4 Å². The molecule has 0 aromatic heterocycles. The van der Waals surface area contributed by atoms with E-state index in [9.17, 15) is 72.5 Å². The van der Waals surface area contributed by atoms with E-state index in [-0.39, 0.29) is 103 Å². The molecule has 3 unspecified atom stereocenters. The molecule has 1 heterocycles. The Bertz CT molecular complexity index is 3580. The Morgan fingerprint density at radius 3 is 1.44 bits per heavy atom. The highest BCUT2D eigenvalue weighted by atomic mass is 16.6. The molecule has 38 heteroatoms. The van der Waals surface area contributed by atoms with Gasteiger partial charge in [0.15, 0.2) is 11.6 Å². The van der Waals surface area contributed by atoms with E-state index >= 15 is 14.4 Å². The number of alkyl carbamates (subject to hydrolysis) is 5. The molecular formula is C84H142N14O24.